The first-order chi connectivity index (χ1) is 17.5. The maximum Gasteiger partial charge on any atom is 0.254 e. The molecule has 1 saturated carbocycles. The molecule has 0 bridgehead atoms. The number of fused-ring (bicyclic) bond motifs is 1. The fourth-order valence-electron chi connectivity index (χ4n) is 5.14. The van der Waals surface area contributed by atoms with E-state index >= 15 is 0 Å². The molecule has 11 heteroatoms. The molecule has 4 aromatic rings. The van der Waals surface area contributed by atoms with Gasteiger partial charge in [0.25, 0.3) is 5.91 Å². The summed E-state index contributed by atoms with van der Waals surface area (Å²) in [5.74, 6) is 3.37. The SMILES string of the molecule is Cc1nc(N2C[C@@H]3C(C)[C@@H]3C2)ccc1Cn1cc(C(=O)NCc2cc(Cl)ccc2-n2cnnn2)cn1. The molecule has 6 rings (SSSR count). The molecule has 1 aromatic carbocycles. The Labute approximate surface area is 213 Å². The summed E-state index contributed by atoms with van der Waals surface area (Å²) in [6, 6.07) is 9.57. The van der Waals surface area contributed by atoms with E-state index in [4.69, 9.17) is 16.6 Å². The van der Waals surface area contributed by atoms with Crippen LogP contribution in [0.5, 0.6) is 0 Å². The van der Waals surface area contributed by atoms with Gasteiger partial charge >= 0.3 is 0 Å². The zero-order valence-corrected chi connectivity index (χ0v) is 20.8. The number of rotatable bonds is 7. The molecule has 2 fully saturated rings. The second kappa shape index (κ2) is 9.02. The van der Waals surface area contributed by atoms with Crippen molar-refractivity contribution in [1.82, 2.24) is 40.3 Å². The van der Waals surface area contributed by atoms with Crippen LogP contribution >= 0.6 is 11.6 Å². The van der Waals surface area contributed by atoms with Crippen molar-refractivity contribution < 1.29 is 4.79 Å². The van der Waals surface area contributed by atoms with Gasteiger partial charge in [-0.25, -0.2) is 9.67 Å². The van der Waals surface area contributed by atoms with E-state index in [1.807, 2.05) is 13.0 Å². The number of hydrogen-bond donors (Lipinski definition) is 1. The first-order valence-electron chi connectivity index (χ1n) is 12.0. The summed E-state index contributed by atoms with van der Waals surface area (Å²) >= 11 is 6.17. The number of nitrogens with one attached hydrogen (secondary N) is 1. The minimum atomic E-state index is -0.226. The van der Waals surface area contributed by atoms with E-state index in [1.165, 1.54) is 11.0 Å². The Kier molecular flexibility index (Phi) is 5.67. The third kappa shape index (κ3) is 4.32. The van der Waals surface area contributed by atoms with Crippen LogP contribution in [0.3, 0.4) is 0 Å². The van der Waals surface area contributed by atoms with Crippen molar-refractivity contribution in [1.29, 1.82) is 0 Å². The second-order valence-corrected chi connectivity index (χ2v) is 10.1. The molecule has 1 N–H and O–H groups in total. The molecule has 0 spiro atoms. The van der Waals surface area contributed by atoms with Crippen LogP contribution in [0.15, 0.2) is 49.1 Å². The largest absolute Gasteiger partial charge is 0.356 e. The predicted octanol–water partition coefficient (Wildman–Crippen LogP) is 2.90. The Morgan fingerprint density at radius 2 is 2.00 bits per heavy atom. The Morgan fingerprint density at radius 1 is 1.17 bits per heavy atom. The molecular weight excluding hydrogens is 478 g/mol. The smallest absolute Gasteiger partial charge is 0.254 e. The quantitative estimate of drug-likeness (QED) is 0.413. The summed E-state index contributed by atoms with van der Waals surface area (Å²) in [7, 11) is 0. The number of halogens is 1. The molecule has 3 atom stereocenters. The van der Waals surface area contributed by atoms with Crippen LogP contribution in [0, 0.1) is 24.7 Å². The van der Waals surface area contributed by atoms with E-state index in [2.05, 4.69) is 49.9 Å². The average Bonchev–Trinajstić information content (AvgIpc) is 3.44. The standard InChI is InChI=1S/C25H26ClN9O/c1-15-21-12-33(13-22(15)21)24-6-3-17(16(2)30-24)10-34-11-19(9-29-34)25(36)27-8-18-7-20(26)4-5-23(18)35-14-28-31-32-35/h3-7,9,11,14-15,21-22H,8,10,12-13H2,1-2H3,(H,27,36)/t15?,21-,22+. The summed E-state index contributed by atoms with van der Waals surface area (Å²) < 4.78 is 3.29. The van der Waals surface area contributed by atoms with E-state index in [9.17, 15) is 4.79 Å². The van der Waals surface area contributed by atoms with Crippen LogP contribution < -0.4 is 10.2 Å². The lowest BCUT2D eigenvalue weighted by Gasteiger charge is -2.21. The van der Waals surface area contributed by atoms with Crippen LogP contribution in [0.2, 0.25) is 5.02 Å². The molecule has 0 radical (unpaired) electrons. The number of carbonyl (C=O) groups is 1. The molecule has 1 aliphatic carbocycles. The monoisotopic (exact) mass is 503 g/mol. The first kappa shape index (κ1) is 22.7. The Balaban J connectivity index is 1.09. The van der Waals surface area contributed by atoms with Gasteiger partial charge in [0.05, 0.1) is 24.0 Å². The van der Waals surface area contributed by atoms with Gasteiger partial charge in [-0.2, -0.15) is 5.10 Å². The molecule has 1 saturated heterocycles. The molecule has 2 aliphatic rings. The number of aryl methyl sites for hydroxylation is 1. The van der Waals surface area contributed by atoms with Gasteiger partial charge in [-0.1, -0.05) is 24.6 Å². The summed E-state index contributed by atoms with van der Waals surface area (Å²) in [4.78, 5) is 20.1. The number of anilines is 1. The number of carbonyl (C=O) groups excluding carboxylic acids is 1. The topological polar surface area (TPSA) is 107 Å². The predicted molar refractivity (Wildman–Crippen MR) is 134 cm³/mol. The van der Waals surface area contributed by atoms with Crippen LogP contribution in [-0.4, -0.2) is 54.0 Å². The molecule has 36 heavy (non-hydrogen) atoms. The lowest BCUT2D eigenvalue weighted by molar-refractivity contribution is 0.0951. The highest BCUT2D eigenvalue weighted by Crippen LogP contribution is 2.51. The highest BCUT2D eigenvalue weighted by atomic mass is 35.5. The van der Waals surface area contributed by atoms with Crippen molar-refractivity contribution in [2.45, 2.75) is 26.9 Å². The van der Waals surface area contributed by atoms with Gasteiger partial charge in [-0.05, 0) is 70.5 Å². The minimum absolute atomic E-state index is 0.226. The van der Waals surface area contributed by atoms with Crippen molar-refractivity contribution in [3.05, 3.63) is 76.5 Å². The molecule has 3 aromatic heterocycles. The van der Waals surface area contributed by atoms with E-state index in [0.717, 1.165) is 59.2 Å². The molecule has 1 unspecified atom stereocenters. The number of aromatic nitrogens is 7. The highest BCUT2D eigenvalue weighted by Gasteiger charge is 2.52. The average molecular weight is 504 g/mol. The summed E-state index contributed by atoms with van der Waals surface area (Å²) in [6.45, 7) is 7.41. The lowest BCUT2D eigenvalue weighted by Crippen LogP contribution is -2.24. The molecule has 1 aliphatic heterocycles. The van der Waals surface area contributed by atoms with Crippen molar-refractivity contribution in [2.24, 2.45) is 17.8 Å². The van der Waals surface area contributed by atoms with Gasteiger partial charge in [0, 0.05) is 36.5 Å². The number of pyridine rings is 1. The molecule has 10 nitrogen and oxygen atoms in total. The Hall–Kier alpha value is -3.79. The minimum Gasteiger partial charge on any atom is -0.356 e. The normalized spacial score (nSPS) is 20.4. The van der Waals surface area contributed by atoms with Crippen LogP contribution in [-0.2, 0) is 13.1 Å². The maximum absolute atomic E-state index is 12.8. The van der Waals surface area contributed by atoms with E-state index in [0.29, 0.717) is 17.1 Å². The summed E-state index contributed by atoms with van der Waals surface area (Å²) in [6.07, 6.45) is 4.82. The fraction of sp³-hybridized carbons (Fsp3) is 0.360. The number of amides is 1. The number of nitrogens with zero attached hydrogens (tertiary/aromatic N) is 8. The zero-order chi connectivity index (χ0) is 24.8. The van der Waals surface area contributed by atoms with Crippen molar-refractivity contribution in [3.63, 3.8) is 0 Å². The maximum atomic E-state index is 12.8. The van der Waals surface area contributed by atoms with Gasteiger partial charge < -0.3 is 10.2 Å². The number of benzene rings is 1. The highest BCUT2D eigenvalue weighted by molar-refractivity contribution is 6.30. The van der Waals surface area contributed by atoms with Gasteiger partial charge in [-0.15, -0.1) is 5.10 Å². The van der Waals surface area contributed by atoms with Gasteiger partial charge in [0.1, 0.15) is 12.1 Å². The zero-order valence-electron chi connectivity index (χ0n) is 20.0. The number of tetrazole rings is 1. The molecule has 4 heterocycles. The van der Waals surface area contributed by atoms with Crippen LogP contribution in [0.4, 0.5) is 5.82 Å². The van der Waals surface area contributed by atoms with Crippen molar-refractivity contribution in [3.8, 4) is 5.69 Å². The molecule has 184 valence electrons. The van der Waals surface area contributed by atoms with Crippen molar-refractivity contribution in [2.75, 3.05) is 18.0 Å². The Morgan fingerprint density at radius 3 is 2.75 bits per heavy atom. The summed E-state index contributed by atoms with van der Waals surface area (Å²) in [5, 5.41) is 19.2. The third-order valence-corrected chi connectivity index (χ3v) is 7.67. The van der Waals surface area contributed by atoms with Crippen LogP contribution in [0.25, 0.3) is 5.69 Å². The van der Waals surface area contributed by atoms with E-state index < -0.39 is 0 Å². The fourth-order valence-corrected chi connectivity index (χ4v) is 5.34. The molecule has 1 amide bonds. The number of hydrogen-bond acceptors (Lipinski definition) is 7. The molecular formula is C25H26ClN9O. The van der Waals surface area contributed by atoms with Gasteiger partial charge in [0.15, 0.2) is 0 Å². The number of piperidine rings is 1. The van der Waals surface area contributed by atoms with Gasteiger partial charge in [0.2, 0.25) is 0 Å². The van der Waals surface area contributed by atoms with E-state index in [-0.39, 0.29) is 12.5 Å². The Bertz CT molecular complexity index is 1400. The lowest BCUT2D eigenvalue weighted by atomic mass is 10.1. The van der Waals surface area contributed by atoms with Gasteiger partial charge in [-0.3, -0.25) is 9.48 Å². The third-order valence-electron chi connectivity index (χ3n) is 7.43. The second-order valence-electron chi connectivity index (χ2n) is 9.64. The van der Waals surface area contributed by atoms with Crippen LogP contribution in [0.1, 0.15) is 34.1 Å². The first-order valence-corrected chi connectivity index (χ1v) is 12.4. The van der Waals surface area contributed by atoms with Crippen molar-refractivity contribution >= 4 is 23.3 Å². The summed E-state index contributed by atoms with van der Waals surface area (Å²) in [5.41, 5.74) is 4.08. The van der Waals surface area contributed by atoms with E-state index in [1.54, 1.807) is 29.2 Å².